The molecule has 3 saturated heterocycles. The number of likely N-dealkylation sites (tertiary alicyclic amines) is 2. The van der Waals surface area contributed by atoms with Gasteiger partial charge in [0.15, 0.2) is 0 Å². The number of ether oxygens (including phenoxy) is 2. The van der Waals surface area contributed by atoms with Crippen LogP contribution in [0, 0.1) is 0 Å². The van der Waals surface area contributed by atoms with Crippen LogP contribution in [0.25, 0.3) is 0 Å². The number of benzene rings is 1. The largest absolute Gasteiger partial charge is 0.372 e. The number of halogens is 1. The van der Waals surface area contributed by atoms with E-state index in [4.69, 9.17) is 21.1 Å². The Bertz CT molecular complexity index is 716. The number of nitrogens with one attached hydrogen (secondary N) is 1. The van der Waals surface area contributed by atoms with E-state index < -0.39 is 0 Å². The monoisotopic (exact) mass is 393 g/mol. The van der Waals surface area contributed by atoms with E-state index in [-0.39, 0.29) is 36.8 Å². The van der Waals surface area contributed by atoms with Crippen LogP contribution in [0.3, 0.4) is 0 Å². The molecule has 1 aromatic carbocycles. The van der Waals surface area contributed by atoms with E-state index in [0.717, 1.165) is 18.4 Å². The van der Waals surface area contributed by atoms with Gasteiger partial charge >= 0.3 is 6.03 Å². The van der Waals surface area contributed by atoms with Crippen molar-refractivity contribution in [2.24, 2.45) is 0 Å². The molecule has 3 amide bonds. The third-order valence-electron chi connectivity index (χ3n) is 5.44. The van der Waals surface area contributed by atoms with Crippen molar-refractivity contribution in [2.75, 3.05) is 32.8 Å². The van der Waals surface area contributed by atoms with E-state index in [2.05, 4.69) is 5.32 Å². The molecule has 7 nitrogen and oxygen atoms in total. The standard InChI is InChI=1S/C19H24ClN3O4/c20-15-4-2-1-3-13(15)11-26-14-5-7-22(9-14)19(25)23-8-6-17-16(10-23)21-18(24)12-27-17/h1-4,14,16-17H,5-12H2,(H,21,24)/t14?,16-,17+/m1/s1. The van der Waals surface area contributed by atoms with Gasteiger partial charge in [-0.3, -0.25) is 4.79 Å². The predicted molar refractivity (Wildman–Crippen MR) is 99.5 cm³/mol. The summed E-state index contributed by atoms with van der Waals surface area (Å²) in [6.07, 6.45) is 1.59. The third kappa shape index (κ3) is 4.20. The highest BCUT2D eigenvalue weighted by molar-refractivity contribution is 6.31. The number of urea groups is 1. The number of amides is 3. The van der Waals surface area contributed by atoms with E-state index in [1.165, 1.54) is 0 Å². The quantitative estimate of drug-likeness (QED) is 0.847. The van der Waals surface area contributed by atoms with E-state index in [1.807, 2.05) is 34.1 Å². The summed E-state index contributed by atoms with van der Waals surface area (Å²) in [6.45, 7) is 2.97. The van der Waals surface area contributed by atoms with Gasteiger partial charge in [-0.1, -0.05) is 29.8 Å². The van der Waals surface area contributed by atoms with Gasteiger partial charge in [0, 0.05) is 31.2 Å². The zero-order valence-corrected chi connectivity index (χ0v) is 15.9. The second kappa shape index (κ2) is 8.04. The second-order valence-electron chi connectivity index (χ2n) is 7.30. The molecule has 8 heteroatoms. The minimum Gasteiger partial charge on any atom is -0.372 e. The SMILES string of the molecule is O=C1CO[C@H]2CCN(C(=O)N3CCC(OCc4ccccc4Cl)C3)C[C@H]2N1. The first-order chi connectivity index (χ1) is 13.1. The fourth-order valence-electron chi connectivity index (χ4n) is 3.93. The molecule has 0 aliphatic carbocycles. The Labute approximate surface area is 163 Å². The second-order valence-corrected chi connectivity index (χ2v) is 7.71. The lowest BCUT2D eigenvalue weighted by atomic mass is 10.0. The van der Waals surface area contributed by atoms with Crippen LogP contribution in [0.15, 0.2) is 24.3 Å². The highest BCUT2D eigenvalue weighted by atomic mass is 35.5. The van der Waals surface area contributed by atoms with Crippen molar-refractivity contribution in [1.82, 2.24) is 15.1 Å². The Morgan fingerprint density at radius 3 is 2.85 bits per heavy atom. The zero-order valence-electron chi connectivity index (χ0n) is 15.1. The first kappa shape index (κ1) is 18.5. The average molecular weight is 394 g/mol. The van der Waals surface area contributed by atoms with Gasteiger partial charge < -0.3 is 24.6 Å². The first-order valence-electron chi connectivity index (χ1n) is 9.40. The van der Waals surface area contributed by atoms with Crippen molar-refractivity contribution < 1.29 is 19.1 Å². The van der Waals surface area contributed by atoms with Gasteiger partial charge in [-0.25, -0.2) is 4.79 Å². The topological polar surface area (TPSA) is 71.1 Å². The highest BCUT2D eigenvalue weighted by Crippen LogP contribution is 2.22. The maximum absolute atomic E-state index is 12.9. The number of nitrogens with zero attached hydrogens (tertiary/aromatic N) is 2. The molecule has 0 aromatic heterocycles. The molecule has 1 N–H and O–H groups in total. The van der Waals surface area contributed by atoms with Gasteiger partial charge in [0.25, 0.3) is 0 Å². The Balaban J connectivity index is 1.28. The predicted octanol–water partition coefficient (Wildman–Crippen LogP) is 1.64. The van der Waals surface area contributed by atoms with Gasteiger partial charge in [0.1, 0.15) is 6.61 Å². The van der Waals surface area contributed by atoms with Crippen molar-refractivity contribution in [3.8, 4) is 0 Å². The summed E-state index contributed by atoms with van der Waals surface area (Å²) < 4.78 is 11.5. The van der Waals surface area contributed by atoms with Crippen LogP contribution in [0.2, 0.25) is 5.02 Å². The van der Waals surface area contributed by atoms with Gasteiger partial charge in [-0.15, -0.1) is 0 Å². The van der Waals surface area contributed by atoms with E-state index in [0.29, 0.717) is 37.8 Å². The molecule has 146 valence electrons. The highest BCUT2D eigenvalue weighted by Gasteiger charge is 2.38. The maximum Gasteiger partial charge on any atom is 0.320 e. The summed E-state index contributed by atoms with van der Waals surface area (Å²) in [5.74, 6) is -0.111. The lowest BCUT2D eigenvalue weighted by Gasteiger charge is -2.42. The number of morpholine rings is 1. The van der Waals surface area contributed by atoms with Crippen molar-refractivity contribution in [3.63, 3.8) is 0 Å². The van der Waals surface area contributed by atoms with E-state index >= 15 is 0 Å². The van der Waals surface area contributed by atoms with Crippen LogP contribution < -0.4 is 5.32 Å². The summed E-state index contributed by atoms with van der Waals surface area (Å²) in [6, 6.07) is 7.53. The molecule has 3 atom stereocenters. The maximum atomic E-state index is 12.9. The smallest absolute Gasteiger partial charge is 0.320 e. The Hall–Kier alpha value is -1.83. The van der Waals surface area contributed by atoms with Gasteiger partial charge in [-0.2, -0.15) is 0 Å². The van der Waals surface area contributed by atoms with Crippen LogP contribution in [0.1, 0.15) is 18.4 Å². The van der Waals surface area contributed by atoms with Crippen LogP contribution in [0.4, 0.5) is 4.79 Å². The van der Waals surface area contributed by atoms with Crippen LogP contribution >= 0.6 is 11.6 Å². The van der Waals surface area contributed by atoms with Gasteiger partial charge in [-0.05, 0) is 24.5 Å². The van der Waals surface area contributed by atoms with Crippen molar-refractivity contribution in [2.45, 2.75) is 37.7 Å². The lowest BCUT2D eigenvalue weighted by molar-refractivity contribution is -0.139. The van der Waals surface area contributed by atoms with Crippen LogP contribution in [-0.2, 0) is 20.9 Å². The minimum absolute atomic E-state index is 0.0111. The molecular formula is C19H24ClN3O4. The van der Waals surface area contributed by atoms with Crippen molar-refractivity contribution in [3.05, 3.63) is 34.9 Å². The number of fused-ring (bicyclic) bond motifs is 1. The molecule has 27 heavy (non-hydrogen) atoms. The molecule has 3 fully saturated rings. The molecule has 0 saturated carbocycles. The number of carbonyl (C=O) groups excluding carboxylic acids is 2. The van der Waals surface area contributed by atoms with Crippen LogP contribution in [-0.4, -0.2) is 72.8 Å². The molecule has 1 unspecified atom stereocenters. The van der Waals surface area contributed by atoms with Crippen molar-refractivity contribution in [1.29, 1.82) is 0 Å². The van der Waals surface area contributed by atoms with Gasteiger partial charge in [0.2, 0.25) is 5.91 Å². The van der Waals surface area contributed by atoms with Gasteiger partial charge in [0.05, 0.1) is 24.9 Å². The number of hydrogen-bond donors (Lipinski definition) is 1. The van der Waals surface area contributed by atoms with Crippen molar-refractivity contribution >= 4 is 23.5 Å². The summed E-state index contributed by atoms with van der Waals surface area (Å²) in [4.78, 5) is 28.0. The Morgan fingerprint density at radius 1 is 1.22 bits per heavy atom. The number of rotatable bonds is 3. The average Bonchev–Trinajstić information content (AvgIpc) is 3.15. The number of piperidine rings is 1. The third-order valence-corrected chi connectivity index (χ3v) is 5.81. The number of carbonyl (C=O) groups is 2. The normalized spacial score (nSPS) is 28.0. The molecule has 1 aromatic rings. The first-order valence-corrected chi connectivity index (χ1v) is 9.78. The van der Waals surface area contributed by atoms with Crippen LogP contribution in [0.5, 0.6) is 0 Å². The molecular weight excluding hydrogens is 370 g/mol. The zero-order chi connectivity index (χ0) is 18.8. The molecule has 0 radical (unpaired) electrons. The molecule has 3 heterocycles. The summed E-state index contributed by atoms with van der Waals surface area (Å²) in [7, 11) is 0. The summed E-state index contributed by atoms with van der Waals surface area (Å²) in [5.41, 5.74) is 0.957. The Kier molecular flexibility index (Phi) is 5.52. The molecule has 3 aliphatic heterocycles. The van der Waals surface area contributed by atoms with E-state index in [9.17, 15) is 9.59 Å². The summed E-state index contributed by atoms with van der Waals surface area (Å²) in [5, 5.41) is 3.63. The molecule has 0 bridgehead atoms. The van der Waals surface area contributed by atoms with E-state index in [1.54, 1.807) is 0 Å². The Morgan fingerprint density at radius 2 is 2.00 bits per heavy atom. The summed E-state index contributed by atoms with van der Waals surface area (Å²) >= 11 is 6.17. The number of hydrogen-bond acceptors (Lipinski definition) is 4. The minimum atomic E-state index is -0.112. The molecule has 4 rings (SSSR count). The fraction of sp³-hybridized carbons (Fsp3) is 0.579. The fourth-order valence-corrected chi connectivity index (χ4v) is 4.12. The molecule has 3 aliphatic rings. The molecule has 0 spiro atoms. The lowest BCUT2D eigenvalue weighted by Crippen LogP contribution is -2.62.